The number of rotatable bonds is 6. The zero-order valence-electron chi connectivity index (χ0n) is 19.5. The molecular formula is C27H24ClN3O3S. The van der Waals surface area contributed by atoms with Gasteiger partial charge in [0.2, 0.25) is 0 Å². The summed E-state index contributed by atoms with van der Waals surface area (Å²) < 4.78 is 17.7. The number of anilines is 1. The molecule has 35 heavy (non-hydrogen) atoms. The van der Waals surface area contributed by atoms with Crippen molar-refractivity contribution >= 4 is 34.6 Å². The van der Waals surface area contributed by atoms with Gasteiger partial charge in [-0.15, -0.1) is 0 Å². The van der Waals surface area contributed by atoms with Gasteiger partial charge in [-0.2, -0.15) is 0 Å². The predicted octanol–water partition coefficient (Wildman–Crippen LogP) is 6.50. The van der Waals surface area contributed by atoms with Crippen LogP contribution in [0.2, 0.25) is 5.02 Å². The first-order valence-electron chi connectivity index (χ1n) is 11.1. The van der Waals surface area contributed by atoms with E-state index in [4.69, 9.17) is 37.7 Å². The number of nitrogens with one attached hydrogen (secondary N) is 1. The smallest absolute Gasteiger partial charge is 0.174 e. The van der Waals surface area contributed by atoms with Crippen molar-refractivity contribution in [1.82, 2.24) is 10.3 Å². The lowest BCUT2D eigenvalue weighted by Crippen LogP contribution is -2.29. The van der Waals surface area contributed by atoms with Crippen molar-refractivity contribution in [2.24, 2.45) is 0 Å². The maximum absolute atomic E-state index is 6.47. The molecule has 1 N–H and O–H groups in total. The second kappa shape index (κ2) is 9.60. The van der Waals surface area contributed by atoms with Crippen molar-refractivity contribution < 1.29 is 13.9 Å². The number of methoxy groups -OCH3 is 2. The summed E-state index contributed by atoms with van der Waals surface area (Å²) in [6, 6.07) is 20.6. The van der Waals surface area contributed by atoms with Crippen molar-refractivity contribution in [3.63, 3.8) is 0 Å². The predicted molar refractivity (Wildman–Crippen MR) is 141 cm³/mol. The first kappa shape index (κ1) is 23.2. The van der Waals surface area contributed by atoms with Gasteiger partial charge in [0.05, 0.1) is 31.6 Å². The summed E-state index contributed by atoms with van der Waals surface area (Å²) in [4.78, 5) is 6.61. The zero-order valence-corrected chi connectivity index (χ0v) is 21.1. The highest BCUT2D eigenvalue weighted by Crippen LogP contribution is 2.46. The Morgan fingerprint density at radius 3 is 2.63 bits per heavy atom. The molecule has 178 valence electrons. The zero-order chi connectivity index (χ0) is 24.5. The average Bonchev–Trinajstić information content (AvgIpc) is 3.50. The van der Waals surface area contributed by atoms with Crippen molar-refractivity contribution in [1.29, 1.82) is 0 Å². The highest BCUT2D eigenvalue weighted by molar-refractivity contribution is 7.80. The number of ether oxygens (including phenoxy) is 2. The van der Waals surface area contributed by atoms with Crippen molar-refractivity contribution in [2.75, 3.05) is 19.1 Å². The van der Waals surface area contributed by atoms with Gasteiger partial charge in [0.1, 0.15) is 29.1 Å². The Morgan fingerprint density at radius 2 is 1.89 bits per heavy atom. The van der Waals surface area contributed by atoms with Gasteiger partial charge < -0.3 is 24.1 Å². The summed E-state index contributed by atoms with van der Waals surface area (Å²) in [6.07, 6.45) is 1.77. The summed E-state index contributed by atoms with van der Waals surface area (Å²) >= 11 is 12.2. The van der Waals surface area contributed by atoms with Gasteiger partial charge in [0.25, 0.3) is 0 Å². The van der Waals surface area contributed by atoms with Gasteiger partial charge in [-0.1, -0.05) is 29.8 Å². The fraction of sp³-hybridized carbons (Fsp3) is 0.185. The molecule has 4 aromatic rings. The van der Waals surface area contributed by atoms with E-state index in [2.05, 4.69) is 10.3 Å². The van der Waals surface area contributed by atoms with Crippen LogP contribution in [0.5, 0.6) is 11.5 Å². The van der Waals surface area contributed by atoms with E-state index < -0.39 is 0 Å². The minimum absolute atomic E-state index is 0.251. The van der Waals surface area contributed by atoms with Gasteiger partial charge in [0.15, 0.2) is 5.11 Å². The summed E-state index contributed by atoms with van der Waals surface area (Å²) in [5, 5.41) is 4.67. The SMILES string of the molecule is COc1ccc(OC)c(N2C(=S)N[C@H](c3ccccn3)[C@H]2c2ccc(-c3cccc(Cl)c3C)o2)c1. The Bertz CT molecular complexity index is 1380. The van der Waals surface area contributed by atoms with Crippen molar-refractivity contribution in [3.05, 3.63) is 95.0 Å². The Kier molecular flexibility index (Phi) is 6.36. The number of furan rings is 1. The van der Waals surface area contributed by atoms with Crippen molar-refractivity contribution in [2.45, 2.75) is 19.0 Å². The first-order chi connectivity index (χ1) is 17.0. The summed E-state index contributed by atoms with van der Waals surface area (Å²) in [5.74, 6) is 2.82. The monoisotopic (exact) mass is 505 g/mol. The second-order valence-electron chi connectivity index (χ2n) is 8.15. The van der Waals surface area contributed by atoms with Crippen LogP contribution in [0.15, 0.2) is 77.3 Å². The molecule has 0 bridgehead atoms. The standard InChI is InChI=1S/C27H24ClN3O3S/c1-16-18(7-6-8-19(16)28)22-12-13-24(34-22)26-25(20-9-4-5-14-29-20)30-27(35)31(26)21-15-17(32-2)10-11-23(21)33-3/h4-15,25-26H,1-3H3,(H,30,35)/t25-,26-/m1/s1. The quantitative estimate of drug-likeness (QED) is 0.300. The summed E-state index contributed by atoms with van der Waals surface area (Å²) in [7, 11) is 3.27. The summed E-state index contributed by atoms with van der Waals surface area (Å²) in [5.41, 5.74) is 3.52. The number of hydrogen-bond acceptors (Lipinski definition) is 5. The Morgan fingerprint density at radius 1 is 1.03 bits per heavy atom. The fourth-order valence-electron chi connectivity index (χ4n) is 4.42. The van der Waals surface area contributed by atoms with Crippen molar-refractivity contribution in [3.8, 4) is 22.8 Å². The maximum atomic E-state index is 6.47. The largest absolute Gasteiger partial charge is 0.497 e. The highest BCUT2D eigenvalue weighted by Gasteiger charge is 2.43. The van der Waals surface area contributed by atoms with E-state index >= 15 is 0 Å². The van der Waals surface area contributed by atoms with E-state index in [0.29, 0.717) is 21.6 Å². The maximum Gasteiger partial charge on any atom is 0.174 e. The second-order valence-corrected chi connectivity index (χ2v) is 8.94. The third kappa shape index (κ3) is 4.22. The molecule has 0 spiro atoms. The lowest BCUT2D eigenvalue weighted by molar-refractivity contribution is 0.400. The fourth-order valence-corrected chi connectivity index (χ4v) is 4.93. The molecule has 2 aromatic heterocycles. The molecule has 1 aliphatic rings. The van der Waals surface area contributed by atoms with Gasteiger partial charge >= 0.3 is 0 Å². The molecule has 2 atom stereocenters. The van der Waals surface area contributed by atoms with Crippen LogP contribution in [0.3, 0.4) is 0 Å². The van der Waals surface area contributed by atoms with Crippen LogP contribution in [-0.2, 0) is 0 Å². The minimum atomic E-state index is -0.327. The molecule has 3 heterocycles. The van der Waals surface area contributed by atoms with Crippen LogP contribution in [-0.4, -0.2) is 24.3 Å². The number of nitrogens with zero attached hydrogens (tertiary/aromatic N) is 2. The Hall–Kier alpha value is -3.55. The molecule has 0 saturated carbocycles. The molecule has 8 heteroatoms. The molecule has 0 radical (unpaired) electrons. The number of thiocarbonyl (C=S) groups is 1. The van der Waals surface area contributed by atoms with Gasteiger partial charge in [-0.25, -0.2) is 0 Å². The van der Waals surface area contributed by atoms with Crippen LogP contribution < -0.4 is 19.7 Å². The molecule has 0 aliphatic carbocycles. The van der Waals surface area contributed by atoms with Crippen LogP contribution in [0.1, 0.15) is 29.1 Å². The van der Waals surface area contributed by atoms with E-state index in [-0.39, 0.29) is 12.1 Å². The van der Waals surface area contributed by atoms with Gasteiger partial charge in [-0.05, 0) is 67.2 Å². The first-order valence-corrected chi connectivity index (χ1v) is 11.9. The number of benzene rings is 2. The molecule has 1 fully saturated rings. The van der Waals surface area contributed by atoms with E-state index in [1.165, 1.54) is 0 Å². The lowest BCUT2D eigenvalue weighted by atomic mass is 10.0. The molecule has 0 unspecified atom stereocenters. The van der Waals surface area contributed by atoms with E-state index in [9.17, 15) is 0 Å². The van der Waals surface area contributed by atoms with Crippen LogP contribution in [0.25, 0.3) is 11.3 Å². The average molecular weight is 506 g/mol. The molecular weight excluding hydrogens is 482 g/mol. The molecule has 0 amide bonds. The number of pyridine rings is 1. The Balaban J connectivity index is 1.65. The normalized spacial score (nSPS) is 17.4. The molecule has 2 aromatic carbocycles. The minimum Gasteiger partial charge on any atom is -0.497 e. The third-order valence-electron chi connectivity index (χ3n) is 6.20. The lowest BCUT2D eigenvalue weighted by Gasteiger charge is -2.27. The van der Waals surface area contributed by atoms with Gasteiger partial charge in [0, 0.05) is 22.8 Å². The number of aromatic nitrogens is 1. The van der Waals surface area contributed by atoms with E-state index in [1.54, 1.807) is 20.4 Å². The van der Waals surface area contributed by atoms with Crippen LogP contribution in [0, 0.1) is 6.92 Å². The molecule has 1 aliphatic heterocycles. The Labute approximate surface area is 214 Å². The van der Waals surface area contributed by atoms with E-state index in [1.807, 2.05) is 78.6 Å². The number of hydrogen-bond donors (Lipinski definition) is 1. The van der Waals surface area contributed by atoms with Crippen LogP contribution >= 0.6 is 23.8 Å². The molecule has 1 saturated heterocycles. The molecule has 6 nitrogen and oxygen atoms in total. The topological polar surface area (TPSA) is 59.8 Å². The van der Waals surface area contributed by atoms with Gasteiger partial charge in [-0.3, -0.25) is 4.98 Å². The molecule has 5 rings (SSSR count). The van der Waals surface area contributed by atoms with Crippen LogP contribution in [0.4, 0.5) is 5.69 Å². The summed E-state index contributed by atoms with van der Waals surface area (Å²) in [6.45, 7) is 1.98. The third-order valence-corrected chi connectivity index (χ3v) is 6.92. The van der Waals surface area contributed by atoms with E-state index in [0.717, 1.165) is 34.0 Å². The number of halogens is 1. The highest BCUT2D eigenvalue weighted by atomic mass is 35.5.